The molecule has 0 saturated heterocycles. The van der Waals surface area contributed by atoms with E-state index in [1.807, 2.05) is 67.7 Å². The lowest BCUT2D eigenvalue weighted by molar-refractivity contribution is 0.102. The predicted molar refractivity (Wildman–Crippen MR) is 95.3 cm³/mol. The molecule has 0 aliphatic heterocycles. The molecule has 1 amide bonds. The highest BCUT2D eigenvalue weighted by Crippen LogP contribution is 2.24. The summed E-state index contributed by atoms with van der Waals surface area (Å²) in [4.78, 5) is 14.2. The molecule has 3 aromatic rings. The van der Waals surface area contributed by atoms with Crippen molar-refractivity contribution >= 4 is 23.0 Å². The molecule has 0 bridgehead atoms. The van der Waals surface area contributed by atoms with E-state index in [0.717, 1.165) is 17.1 Å². The predicted octanol–water partition coefficient (Wildman–Crippen LogP) is 4.71. The Bertz CT molecular complexity index is 768. The largest absolute Gasteiger partial charge is 0.345 e. The van der Waals surface area contributed by atoms with Crippen LogP contribution in [-0.4, -0.2) is 13.0 Å². The van der Waals surface area contributed by atoms with Crippen LogP contribution in [0.1, 0.15) is 10.4 Å². The summed E-state index contributed by atoms with van der Waals surface area (Å²) in [5.41, 5.74) is 3.62. The lowest BCUT2D eigenvalue weighted by Gasteiger charge is -2.19. The van der Waals surface area contributed by atoms with Crippen molar-refractivity contribution in [1.29, 1.82) is 0 Å². The fraction of sp³-hybridized carbons (Fsp3) is 0.0500. The van der Waals surface area contributed by atoms with Gasteiger partial charge in [-0.3, -0.25) is 4.79 Å². The summed E-state index contributed by atoms with van der Waals surface area (Å²) in [6.07, 6.45) is 0. The minimum atomic E-state index is -0.102. The van der Waals surface area contributed by atoms with Gasteiger partial charge in [0.1, 0.15) is 0 Å². The summed E-state index contributed by atoms with van der Waals surface area (Å²) in [7, 11) is 2.02. The van der Waals surface area contributed by atoms with Gasteiger partial charge in [-0.15, -0.1) is 0 Å². The van der Waals surface area contributed by atoms with Crippen LogP contribution in [0.4, 0.5) is 17.1 Å². The number of para-hydroxylation sites is 1. The van der Waals surface area contributed by atoms with Gasteiger partial charge < -0.3 is 10.2 Å². The van der Waals surface area contributed by atoms with Gasteiger partial charge in [0.15, 0.2) is 0 Å². The second kappa shape index (κ2) is 6.79. The Hall–Kier alpha value is -3.07. The average Bonchev–Trinajstić information content (AvgIpc) is 2.63. The van der Waals surface area contributed by atoms with Gasteiger partial charge in [0, 0.05) is 29.7 Å². The number of carbonyl (C=O) groups is 1. The SMILES string of the molecule is CN(c1ccccc1)c1ccc(NC(=O)c2ccccc2)cc1. The fourth-order valence-corrected chi connectivity index (χ4v) is 2.36. The Labute approximate surface area is 136 Å². The van der Waals surface area contributed by atoms with Crippen LogP contribution in [0.15, 0.2) is 84.9 Å². The number of anilines is 3. The molecular formula is C20H18N2O. The van der Waals surface area contributed by atoms with Crippen molar-refractivity contribution in [1.82, 2.24) is 0 Å². The van der Waals surface area contributed by atoms with Gasteiger partial charge in [-0.25, -0.2) is 0 Å². The van der Waals surface area contributed by atoms with Crippen molar-refractivity contribution in [2.24, 2.45) is 0 Å². The van der Waals surface area contributed by atoms with E-state index in [9.17, 15) is 4.79 Å². The summed E-state index contributed by atoms with van der Waals surface area (Å²) in [6, 6.07) is 27.2. The maximum Gasteiger partial charge on any atom is 0.255 e. The third-order valence-corrected chi connectivity index (χ3v) is 3.69. The van der Waals surface area contributed by atoms with E-state index >= 15 is 0 Å². The molecule has 0 unspecified atom stereocenters. The first-order valence-electron chi connectivity index (χ1n) is 7.49. The van der Waals surface area contributed by atoms with Crippen LogP contribution < -0.4 is 10.2 Å². The van der Waals surface area contributed by atoms with Crippen LogP contribution in [-0.2, 0) is 0 Å². The molecular weight excluding hydrogens is 284 g/mol. The molecule has 114 valence electrons. The van der Waals surface area contributed by atoms with Crippen LogP contribution in [0.5, 0.6) is 0 Å². The number of nitrogens with zero attached hydrogens (tertiary/aromatic N) is 1. The number of amides is 1. The zero-order valence-electron chi connectivity index (χ0n) is 12.9. The summed E-state index contributed by atoms with van der Waals surface area (Å²) in [5, 5.41) is 2.91. The standard InChI is InChI=1S/C20H18N2O/c1-22(18-10-6-3-7-11-18)19-14-12-17(13-15-19)21-20(23)16-8-4-2-5-9-16/h2-15H,1H3,(H,21,23). The van der Waals surface area contributed by atoms with Crippen molar-refractivity contribution in [2.45, 2.75) is 0 Å². The van der Waals surface area contributed by atoms with Gasteiger partial charge in [0.25, 0.3) is 5.91 Å². The van der Waals surface area contributed by atoms with Crippen LogP contribution in [0.2, 0.25) is 0 Å². The Morgan fingerprint density at radius 1 is 0.739 bits per heavy atom. The monoisotopic (exact) mass is 302 g/mol. The fourth-order valence-electron chi connectivity index (χ4n) is 2.36. The first kappa shape index (κ1) is 14.9. The zero-order valence-corrected chi connectivity index (χ0v) is 12.9. The molecule has 3 rings (SSSR count). The third kappa shape index (κ3) is 3.58. The van der Waals surface area contributed by atoms with E-state index in [0.29, 0.717) is 5.56 Å². The summed E-state index contributed by atoms with van der Waals surface area (Å²) < 4.78 is 0. The number of benzene rings is 3. The molecule has 3 heteroatoms. The summed E-state index contributed by atoms with van der Waals surface area (Å²) >= 11 is 0. The second-order valence-electron chi connectivity index (χ2n) is 5.26. The summed E-state index contributed by atoms with van der Waals surface area (Å²) in [5.74, 6) is -0.102. The van der Waals surface area contributed by atoms with E-state index in [2.05, 4.69) is 22.3 Å². The minimum Gasteiger partial charge on any atom is -0.345 e. The van der Waals surface area contributed by atoms with Crippen molar-refractivity contribution in [3.8, 4) is 0 Å². The third-order valence-electron chi connectivity index (χ3n) is 3.69. The highest BCUT2D eigenvalue weighted by atomic mass is 16.1. The topological polar surface area (TPSA) is 32.3 Å². The highest BCUT2D eigenvalue weighted by molar-refractivity contribution is 6.04. The number of carbonyl (C=O) groups excluding carboxylic acids is 1. The summed E-state index contributed by atoms with van der Waals surface area (Å²) in [6.45, 7) is 0. The Morgan fingerprint density at radius 2 is 1.26 bits per heavy atom. The highest BCUT2D eigenvalue weighted by Gasteiger charge is 2.06. The molecule has 0 aliphatic rings. The molecule has 3 nitrogen and oxygen atoms in total. The molecule has 0 atom stereocenters. The molecule has 1 N–H and O–H groups in total. The number of rotatable bonds is 4. The maximum absolute atomic E-state index is 12.1. The Balaban J connectivity index is 1.71. The van der Waals surface area contributed by atoms with Gasteiger partial charge in [0.2, 0.25) is 0 Å². The first-order chi connectivity index (χ1) is 11.2. The molecule has 3 aromatic carbocycles. The Kier molecular flexibility index (Phi) is 4.39. The van der Waals surface area contributed by atoms with E-state index in [1.54, 1.807) is 12.1 Å². The van der Waals surface area contributed by atoms with E-state index in [4.69, 9.17) is 0 Å². The number of nitrogens with one attached hydrogen (secondary N) is 1. The van der Waals surface area contributed by atoms with Crippen molar-refractivity contribution in [3.63, 3.8) is 0 Å². The van der Waals surface area contributed by atoms with Crippen LogP contribution in [0, 0.1) is 0 Å². The minimum absolute atomic E-state index is 0.102. The molecule has 0 radical (unpaired) electrons. The molecule has 0 heterocycles. The molecule has 0 aliphatic carbocycles. The lowest BCUT2D eigenvalue weighted by Crippen LogP contribution is -2.12. The van der Waals surface area contributed by atoms with Crippen LogP contribution in [0.25, 0.3) is 0 Å². The van der Waals surface area contributed by atoms with E-state index < -0.39 is 0 Å². The van der Waals surface area contributed by atoms with Crippen molar-refractivity contribution in [3.05, 3.63) is 90.5 Å². The van der Waals surface area contributed by atoms with E-state index in [-0.39, 0.29) is 5.91 Å². The van der Waals surface area contributed by atoms with Crippen molar-refractivity contribution < 1.29 is 4.79 Å². The molecule has 0 spiro atoms. The first-order valence-corrected chi connectivity index (χ1v) is 7.49. The van der Waals surface area contributed by atoms with Crippen LogP contribution in [0.3, 0.4) is 0 Å². The Morgan fingerprint density at radius 3 is 1.87 bits per heavy atom. The molecule has 0 saturated carbocycles. The van der Waals surface area contributed by atoms with Gasteiger partial charge in [-0.1, -0.05) is 36.4 Å². The molecule has 0 fully saturated rings. The van der Waals surface area contributed by atoms with Crippen molar-refractivity contribution in [2.75, 3.05) is 17.3 Å². The molecule has 23 heavy (non-hydrogen) atoms. The van der Waals surface area contributed by atoms with Gasteiger partial charge in [-0.2, -0.15) is 0 Å². The normalized spacial score (nSPS) is 10.1. The quantitative estimate of drug-likeness (QED) is 0.757. The van der Waals surface area contributed by atoms with Gasteiger partial charge in [0.05, 0.1) is 0 Å². The van der Waals surface area contributed by atoms with Crippen LogP contribution >= 0.6 is 0 Å². The van der Waals surface area contributed by atoms with Gasteiger partial charge in [-0.05, 0) is 48.5 Å². The van der Waals surface area contributed by atoms with E-state index in [1.165, 1.54) is 0 Å². The second-order valence-corrected chi connectivity index (χ2v) is 5.26. The average molecular weight is 302 g/mol. The number of hydrogen-bond acceptors (Lipinski definition) is 2. The zero-order chi connectivity index (χ0) is 16.1. The maximum atomic E-state index is 12.1. The molecule has 0 aromatic heterocycles. The van der Waals surface area contributed by atoms with Gasteiger partial charge >= 0.3 is 0 Å². The smallest absolute Gasteiger partial charge is 0.255 e. The lowest BCUT2D eigenvalue weighted by atomic mass is 10.2. The number of hydrogen-bond donors (Lipinski definition) is 1.